The highest BCUT2D eigenvalue weighted by Gasteiger charge is 2.55. The predicted octanol–water partition coefficient (Wildman–Crippen LogP) is 3.37. The van der Waals surface area contributed by atoms with Crippen LogP contribution in [0.4, 0.5) is 0 Å². The maximum Gasteiger partial charge on any atom is 0.335 e. The van der Waals surface area contributed by atoms with E-state index in [2.05, 4.69) is 13.8 Å². The summed E-state index contributed by atoms with van der Waals surface area (Å²) in [6.07, 6.45) is 3.79. The Morgan fingerprint density at radius 2 is 1.92 bits per heavy atom. The first-order valence-corrected chi connectivity index (χ1v) is 9.00. The number of hydrogen-bond donors (Lipinski definition) is 1. The number of carbonyl (C=O) groups is 2. The van der Waals surface area contributed by atoms with Crippen LogP contribution in [0.25, 0.3) is 0 Å². The maximum absolute atomic E-state index is 12.7. The number of aromatic carboxylic acids is 1. The summed E-state index contributed by atoms with van der Waals surface area (Å²) in [4.78, 5) is 25.8. The molecule has 2 atom stereocenters. The lowest BCUT2D eigenvalue weighted by atomic mass is 9.58. The first kappa shape index (κ1) is 19.4. The molecule has 0 heterocycles. The summed E-state index contributed by atoms with van der Waals surface area (Å²) >= 11 is 0. The summed E-state index contributed by atoms with van der Waals surface area (Å²) in [5.41, 5.74) is 1.01. The summed E-state index contributed by atoms with van der Waals surface area (Å²) < 4.78 is 5.61. The van der Waals surface area contributed by atoms with Gasteiger partial charge in [-0.25, -0.2) is 4.79 Å². The lowest BCUT2D eigenvalue weighted by Gasteiger charge is -2.57. The molecule has 1 amide bonds. The van der Waals surface area contributed by atoms with Gasteiger partial charge in [0.25, 0.3) is 0 Å². The first-order valence-electron chi connectivity index (χ1n) is 9.00. The van der Waals surface area contributed by atoms with Crippen molar-refractivity contribution < 1.29 is 19.4 Å². The molecule has 5 nitrogen and oxygen atoms in total. The number of rotatable bonds is 8. The number of carboxylic acids is 1. The number of carboxylic acid groups (broad SMARTS) is 1. The van der Waals surface area contributed by atoms with Crippen molar-refractivity contribution in [1.82, 2.24) is 4.90 Å². The van der Waals surface area contributed by atoms with Crippen molar-refractivity contribution in [3.63, 3.8) is 0 Å². The molecule has 0 saturated heterocycles. The zero-order valence-corrected chi connectivity index (χ0v) is 15.6. The highest BCUT2D eigenvalue weighted by Crippen LogP contribution is 2.50. The zero-order valence-electron chi connectivity index (χ0n) is 15.6. The quantitative estimate of drug-likeness (QED) is 0.783. The van der Waals surface area contributed by atoms with Gasteiger partial charge in [0.1, 0.15) is 0 Å². The van der Waals surface area contributed by atoms with Crippen molar-refractivity contribution in [3.05, 3.63) is 35.4 Å². The van der Waals surface area contributed by atoms with Crippen molar-refractivity contribution in [2.45, 2.75) is 58.1 Å². The van der Waals surface area contributed by atoms with Crippen molar-refractivity contribution in [1.29, 1.82) is 0 Å². The summed E-state index contributed by atoms with van der Waals surface area (Å²) in [5, 5.41) is 9.25. The van der Waals surface area contributed by atoms with Crippen molar-refractivity contribution in [2.75, 3.05) is 14.2 Å². The molecule has 0 aromatic heterocycles. The number of methoxy groups -OCH3 is 1. The van der Waals surface area contributed by atoms with Crippen LogP contribution in [0.5, 0.6) is 0 Å². The molecule has 0 spiro atoms. The van der Waals surface area contributed by atoms with Gasteiger partial charge in [0, 0.05) is 32.0 Å². The van der Waals surface area contributed by atoms with Crippen LogP contribution in [-0.4, -0.2) is 48.2 Å². The molecule has 0 bridgehead atoms. The third kappa shape index (κ3) is 3.56. The normalized spacial score (nSPS) is 21.4. The SMILES string of the molecule is CCC1(CC)C(OC)CC1N(C)C(=O)CCc1ccccc1C(=O)O. The van der Waals surface area contributed by atoms with E-state index in [1.807, 2.05) is 18.0 Å². The van der Waals surface area contributed by atoms with Crippen LogP contribution in [0.15, 0.2) is 24.3 Å². The zero-order chi connectivity index (χ0) is 18.6. The van der Waals surface area contributed by atoms with Gasteiger partial charge >= 0.3 is 5.97 Å². The van der Waals surface area contributed by atoms with Gasteiger partial charge in [-0.15, -0.1) is 0 Å². The highest BCUT2D eigenvalue weighted by atomic mass is 16.5. The monoisotopic (exact) mass is 347 g/mol. The third-order valence-corrected chi connectivity index (χ3v) is 6.06. The summed E-state index contributed by atoms with van der Waals surface area (Å²) in [6, 6.07) is 7.07. The van der Waals surface area contributed by atoms with E-state index in [1.54, 1.807) is 25.3 Å². The molecule has 1 fully saturated rings. The van der Waals surface area contributed by atoms with E-state index in [1.165, 1.54) is 0 Å². The molecule has 0 aliphatic heterocycles. The van der Waals surface area contributed by atoms with Gasteiger partial charge in [0.05, 0.1) is 11.7 Å². The van der Waals surface area contributed by atoms with Crippen LogP contribution in [0.3, 0.4) is 0 Å². The second-order valence-corrected chi connectivity index (χ2v) is 6.88. The Kier molecular flexibility index (Phi) is 6.22. The third-order valence-electron chi connectivity index (χ3n) is 6.06. The molecule has 25 heavy (non-hydrogen) atoms. The van der Waals surface area contributed by atoms with Crippen molar-refractivity contribution >= 4 is 11.9 Å². The van der Waals surface area contributed by atoms with Gasteiger partial charge in [0.2, 0.25) is 5.91 Å². The fourth-order valence-electron chi connectivity index (χ4n) is 4.32. The topological polar surface area (TPSA) is 66.8 Å². The largest absolute Gasteiger partial charge is 0.478 e. The van der Waals surface area contributed by atoms with Crippen LogP contribution in [0.1, 0.15) is 55.5 Å². The molecule has 1 saturated carbocycles. The van der Waals surface area contributed by atoms with Crippen LogP contribution < -0.4 is 0 Å². The molecule has 0 radical (unpaired) electrons. The minimum absolute atomic E-state index is 0.0259. The van der Waals surface area contributed by atoms with Gasteiger partial charge in [-0.2, -0.15) is 0 Å². The Labute approximate surface area is 150 Å². The molecule has 5 heteroatoms. The number of carbonyl (C=O) groups excluding carboxylic acids is 1. The van der Waals surface area contributed by atoms with Crippen molar-refractivity contribution in [3.8, 4) is 0 Å². The Morgan fingerprint density at radius 3 is 2.48 bits per heavy atom. The Bertz CT molecular complexity index is 624. The number of ether oxygens (including phenoxy) is 1. The average molecular weight is 347 g/mol. The molecule has 138 valence electrons. The molecular formula is C20H29NO4. The number of benzene rings is 1. The van der Waals surface area contributed by atoms with Crippen LogP contribution in [-0.2, 0) is 16.0 Å². The van der Waals surface area contributed by atoms with Gasteiger partial charge in [0.15, 0.2) is 0 Å². The molecular weight excluding hydrogens is 318 g/mol. The van der Waals surface area contributed by atoms with E-state index in [0.717, 1.165) is 19.3 Å². The first-order chi connectivity index (χ1) is 11.9. The molecule has 2 rings (SSSR count). The van der Waals surface area contributed by atoms with E-state index in [9.17, 15) is 14.7 Å². The minimum Gasteiger partial charge on any atom is -0.478 e. The molecule has 2 unspecified atom stereocenters. The molecule has 1 aliphatic rings. The highest BCUT2D eigenvalue weighted by molar-refractivity contribution is 5.89. The second kappa shape index (κ2) is 8.00. The van der Waals surface area contributed by atoms with Gasteiger partial charge < -0.3 is 14.7 Å². The Hall–Kier alpha value is -1.88. The number of nitrogens with zero attached hydrogens (tertiary/aromatic N) is 1. The van der Waals surface area contributed by atoms with E-state index in [4.69, 9.17) is 4.74 Å². The van der Waals surface area contributed by atoms with Crippen LogP contribution in [0, 0.1) is 5.41 Å². The smallest absolute Gasteiger partial charge is 0.335 e. The van der Waals surface area contributed by atoms with Gasteiger partial charge in [-0.1, -0.05) is 32.0 Å². The second-order valence-electron chi connectivity index (χ2n) is 6.88. The standard InChI is InChI=1S/C20H29NO4/c1-5-20(6-2)16(13-17(20)25-4)21(3)18(22)12-11-14-9-7-8-10-15(14)19(23)24/h7-10,16-17H,5-6,11-13H2,1-4H3,(H,23,24). The van der Waals surface area contributed by atoms with E-state index in [-0.39, 0.29) is 29.0 Å². The predicted molar refractivity (Wildman–Crippen MR) is 96.7 cm³/mol. The van der Waals surface area contributed by atoms with E-state index >= 15 is 0 Å². The minimum atomic E-state index is -0.950. The molecule has 1 aliphatic carbocycles. The van der Waals surface area contributed by atoms with Crippen LogP contribution >= 0.6 is 0 Å². The fraction of sp³-hybridized carbons (Fsp3) is 0.600. The van der Waals surface area contributed by atoms with E-state index in [0.29, 0.717) is 18.4 Å². The molecule has 1 aromatic rings. The molecule has 1 aromatic carbocycles. The lowest BCUT2D eigenvalue weighted by Crippen LogP contribution is -2.64. The summed E-state index contributed by atoms with van der Waals surface area (Å²) in [5.74, 6) is -0.889. The van der Waals surface area contributed by atoms with E-state index < -0.39 is 5.97 Å². The summed E-state index contributed by atoms with van der Waals surface area (Å²) in [6.45, 7) is 4.31. The summed E-state index contributed by atoms with van der Waals surface area (Å²) in [7, 11) is 3.60. The molecule has 1 N–H and O–H groups in total. The van der Waals surface area contributed by atoms with Gasteiger partial charge in [-0.05, 0) is 37.3 Å². The number of amides is 1. The Morgan fingerprint density at radius 1 is 1.28 bits per heavy atom. The number of aryl methyl sites for hydroxylation is 1. The van der Waals surface area contributed by atoms with Crippen LogP contribution in [0.2, 0.25) is 0 Å². The Balaban J connectivity index is 2.03. The van der Waals surface area contributed by atoms with Crippen molar-refractivity contribution in [2.24, 2.45) is 5.41 Å². The maximum atomic E-state index is 12.7. The fourth-order valence-corrected chi connectivity index (χ4v) is 4.32. The average Bonchev–Trinajstić information content (AvgIpc) is 2.60. The lowest BCUT2D eigenvalue weighted by molar-refractivity contribution is -0.170. The number of hydrogen-bond acceptors (Lipinski definition) is 3. The van der Waals surface area contributed by atoms with Gasteiger partial charge in [-0.3, -0.25) is 4.79 Å².